The summed E-state index contributed by atoms with van der Waals surface area (Å²) in [6.07, 6.45) is 0. The minimum Gasteiger partial charge on any atom is -0.352 e. The predicted molar refractivity (Wildman–Crippen MR) is 105 cm³/mol. The van der Waals surface area contributed by atoms with Crippen LogP contribution in [0.15, 0.2) is 60.0 Å². The van der Waals surface area contributed by atoms with Gasteiger partial charge in [0.1, 0.15) is 0 Å². The number of hydrogen-bond acceptors (Lipinski definition) is 5. The Kier molecular flexibility index (Phi) is 4.79. The van der Waals surface area contributed by atoms with Crippen LogP contribution in [0.1, 0.15) is 0 Å². The number of hydrogen-bond donors (Lipinski definition) is 1. The normalized spacial score (nSPS) is 14.3. The molecule has 0 aliphatic carbocycles. The molecule has 26 heavy (non-hydrogen) atoms. The molecule has 0 radical (unpaired) electrons. The zero-order valence-corrected chi connectivity index (χ0v) is 15.0. The molecule has 2 aromatic heterocycles. The van der Waals surface area contributed by atoms with Crippen LogP contribution < -0.4 is 10.2 Å². The molecule has 4 rings (SSSR count). The molecule has 132 valence electrons. The molecule has 3 heterocycles. The summed E-state index contributed by atoms with van der Waals surface area (Å²) in [4.78, 5) is 16.3. The molecule has 0 unspecified atom stereocenters. The van der Waals surface area contributed by atoms with E-state index in [4.69, 9.17) is 0 Å². The molecule has 1 N–H and O–H groups in total. The minimum atomic E-state index is -0.0439. The highest BCUT2D eigenvalue weighted by Crippen LogP contribution is 2.20. The van der Waals surface area contributed by atoms with Crippen molar-refractivity contribution in [2.45, 2.75) is 0 Å². The number of anilines is 2. The molecule has 0 atom stereocenters. The molecule has 1 aliphatic heterocycles. The average Bonchev–Trinajstić information content (AvgIpc) is 3.22. The van der Waals surface area contributed by atoms with Gasteiger partial charge in [0.05, 0.1) is 10.7 Å². The second-order valence-corrected chi connectivity index (χ2v) is 6.97. The Hall–Kier alpha value is -2.93. The molecule has 0 spiro atoms. The summed E-state index contributed by atoms with van der Waals surface area (Å²) < 4.78 is 0. The van der Waals surface area contributed by atoms with Gasteiger partial charge in [0, 0.05) is 31.7 Å². The summed E-state index contributed by atoms with van der Waals surface area (Å²) in [7, 11) is 0. The van der Waals surface area contributed by atoms with Crippen LogP contribution in [0.5, 0.6) is 0 Å². The van der Waals surface area contributed by atoms with Crippen LogP contribution in [0.25, 0.3) is 11.3 Å². The van der Waals surface area contributed by atoms with E-state index in [9.17, 15) is 4.79 Å². The number of piperazine rings is 1. The first kappa shape index (κ1) is 16.5. The third-order valence-corrected chi connectivity index (χ3v) is 5.15. The van der Waals surface area contributed by atoms with Crippen LogP contribution >= 0.6 is 11.3 Å². The second-order valence-electron chi connectivity index (χ2n) is 6.02. The van der Waals surface area contributed by atoms with Gasteiger partial charge in [0.25, 0.3) is 0 Å². The van der Waals surface area contributed by atoms with Crippen molar-refractivity contribution >= 4 is 28.2 Å². The molecule has 6 nitrogen and oxygen atoms in total. The van der Waals surface area contributed by atoms with E-state index in [-0.39, 0.29) is 6.03 Å². The summed E-state index contributed by atoms with van der Waals surface area (Å²) in [6, 6.07) is 17.8. The van der Waals surface area contributed by atoms with E-state index in [0.717, 1.165) is 35.2 Å². The predicted octanol–water partition coefficient (Wildman–Crippen LogP) is 3.56. The average molecular weight is 365 g/mol. The number of carbonyl (C=O) groups excluding carboxylic acids is 1. The SMILES string of the molecule is O=C(Nc1cccs1)N1CCN(c2ccc(-c3ccccc3)nn2)CC1. The maximum Gasteiger partial charge on any atom is 0.322 e. The molecule has 1 saturated heterocycles. The topological polar surface area (TPSA) is 61.4 Å². The van der Waals surface area contributed by atoms with Gasteiger partial charge in [0.2, 0.25) is 0 Å². The number of amides is 2. The fourth-order valence-corrected chi connectivity index (χ4v) is 3.54. The lowest BCUT2D eigenvalue weighted by Crippen LogP contribution is -2.50. The molecule has 7 heteroatoms. The highest BCUT2D eigenvalue weighted by atomic mass is 32.1. The molecular weight excluding hydrogens is 346 g/mol. The number of thiophene rings is 1. The van der Waals surface area contributed by atoms with Gasteiger partial charge in [-0.2, -0.15) is 0 Å². The Morgan fingerprint density at radius 2 is 1.73 bits per heavy atom. The van der Waals surface area contributed by atoms with E-state index in [2.05, 4.69) is 20.4 Å². The van der Waals surface area contributed by atoms with Gasteiger partial charge in [-0.3, -0.25) is 5.32 Å². The van der Waals surface area contributed by atoms with Crippen molar-refractivity contribution in [1.82, 2.24) is 15.1 Å². The summed E-state index contributed by atoms with van der Waals surface area (Å²) >= 11 is 1.52. The third-order valence-electron chi connectivity index (χ3n) is 4.36. The zero-order valence-electron chi connectivity index (χ0n) is 14.2. The van der Waals surface area contributed by atoms with Gasteiger partial charge >= 0.3 is 6.03 Å². The van der Waals surface area contributed by atoms with Crippen molar-refractivity contribution in [3.05, 3.63) is 60.0 Å². The summed E-state index contributed by atoms with van der Waals surface area (Å²) in [5, 5.41) is 14.5. The fourth-order valence-electron chi connectivity index (χ4n) is 2.93. The lowest BCUT2D eigenvalue weighted by atomic mass is 10.1. The standard InChI is InChI=1S/C19H19N5OS/c25-19(20-18-7-4-14-26-18)24-12-10-23(11-13-24)17-9-8-16(21-22-17)15-5-2-1-3-6-15/h1-9,14H,10-13H2,(H,20,25). The lowest BCUT2D eigenvalue weighted by Gasteiger charge is -2.35. The number of aromatic nitrogens is 2. The van der Waals surface area contributed by atoms with Crippen molar-refractivity contribution in [3.63, 3.8) is 0 Å². The van der Waals surface area contributed by atoms with Gasteiger partial charge in [-0.15, -0.1) is 21.5 Å². The molecule has 0 saturated carbocycles. The van der Waals surface area contributed by atoms with Gasteiger partial charge in [-0.25, -0.2) is 4.79 Å². The third kappa shape index (κ3) is 3.67. The molecule has 1 aliphatic rings. The van der Waals surface area contributed by atoms with E-state index < -0.39 is 0 Å². The highest BCUT2D eigenvalue weighted by Gasteiger charge is 2.22. The summed E-state index contributed by atoms with van der Waals surface area (Å²) in [5.74, 6) is 0.850. The van der Waals surface area contributed by atoms with E-state index in [1.807, 2.05) is 64.9 Å². The van der Waals surface area contributed by atoms with Crippen molar-refractivity contribution in [3.8, 4) is 11.3 Å². The Bertz CT molecular complexity index is 843. The number of benzene rings is 1. The van der Waals surface area contributed by atoms with Crippen LogP contribution in [-0.4, -0.2) is 47.3 Å². The van der Waals surface area contributed by atoms with Gasteiger partial charge in [-0.05, 0) is 29.6 Å². The molecular formula is C19H19N5OS. The molecule has 0 bridgehead atoms. The van der Waals surface area contributed by atoms with Crippen LogP contribution in [0.4, 0.5) is 15.6 Å². The number of nitrogens with one attached hydrogen (secondary N) is 1. The van der Waals surface area contributed by atoms with Crippen LogP contribution in [0.3, 0.4) is 0 Å². The zero-order chi connectivity index (χ0) is 17.8. The van der Waals surface area contributed by atoms with Crippen LogP contribution in [0.2, 0.25) is 0 Å². The second kappa shape index (κ2) is 7.53. The van der Waals surface area contributed by atoms with Crippen LogP contribution in [0, 0.1) is 0 Å². The molecule has 2 amide bonds. The van der Waals surface area contributed by atoms with E-state index >= 15 is 0 Å². The quantitative estimate of drug-likeness (QED) is 0.771. The first-order valence-electron chi connectivity index (χ1n) is 8.53. The van der Waals surface area contributed by atoms with Crippen molar-refractivity contribution in [2.75, 3.05) is 36.4 Å². The Balaban J connectivity index is 1.35. The molecule has 1 fully saturated rings. The van der Waals surface area contributed by atoms with Crippen molar-refractivity contribution in [1.29, 1.82) is 0 Å². The van der Waals surface area contributed by atoms with E-state index in [1.54, 1.807) is 0 Å². The van der Waals surface area contributed by atoms with Gasteiger partial charge < -0.3 is 9.80 Å². The van der Waals surface area contributed by atoms with Crippen LogP contribution in [-0.2, 0) is 0 Å². The Labute approximate surface area is 156 Å². The number of nitrogens with zero attached hydrogens (tertiary/aromatic N) is 4. The maximum atomic E-state index is 12.3. The highest BCUT2D eigenvalue weighted by molar-refractivity contribution is 7.14. The number of urea groups is 1. The minimum absolute atomic E-state index is 0.0439. The lowest BCUT2D eigenvalue weighted by molar-refractivity contribution is 0.208. The monoisotopic (exact) mass is 365 g/mol. The summed E-state index contributed by atoms with van der Waals surface area (Å²) in [5.41, 5.74) is 1.92. The van der Waals surface area contributed by atoms with Gasteiger partial charge in [0.15, 0.2) is 5.82 Å². The van der Waals surface area contributed by atoms with Crippen molar-refractivity contribution < 1.29 is 4.79 Å². The number of rotatable bonds is 3. The Morgan fingerprint density at radius 1 is 0.923 bits per heavy atom. The van der Waals surface area contributed by atoms with Gasteiger partial charge in [-0.1, -0.05) is 30.3 Å². The molecule has 1 aromatic carbocycles. The maximum absolute atomic E-state index is 12.3. The van der Waals surface area contributed by atoms with Crippen molar-refractivity contribution in [2.24, 2.45) is 0 Å². The fraction of sp³-hybridized carbons (Fsp3) is 0.211. The first-order valence-corrected chi connectivity index (χ1v) is 9.41. The van der Waals surface area contributed by atoms with E-state index in [0.29, 0.717) is 13.1 Å². The number of carbonyl (C=O) groups is 1. The largest absolute Gasteiger partial charge is 0.352 e. The summed E-state index contributed by atoms with van der Waals surface area (Å²) in [6.45, 7) is 2.83. The first-order chi connectivity index (χ1) is 12.8. The Morgan fingerprint density at radius 3 is 2.38 bits per heavy atom. The molecule has 3 aromatic rings. The smallest absolute Gasteiger partial charge is 0.322 e. The van der Waals surface area contributed by atoms with E-state index in [1.165, 1.54) is 11.3 Å².